The number of hydrogen-bond donors (Lipinski definition) is 2. The number of ether oxygens (including phenoxy) is 1. The fourth-order valence-electron chi connectivity index (χ4n) is 1.27. The molecule has 8 heteroatoms. The molecular weight excluding hydrogens is 453 g/mol. The number of hydrazine groups is 1. The molecule has 0 heterocycles. The van der Waals surface area contributed by atoms with E-state index in [1.165, 1.54) is 7.05 Å². The second-order valence-electron chi connectivity index (χ2n) is 5.23. The molecule has 0 bridgehead atoms. The van der Waals surface area contributed by atoms with Crippen LogP contribution in [-0.4, -0.2) is 29.8 Å². The Labute approximate surface area is 145 Å². The highest BCUT2D eigenvalue weighted by atomic mass is 127. The molecule has 0 radical (unpaired) electrons. The molecule has 3 amide bonds. The summed E-state index contributed by atoms with van der Waals surface area (Å²) in [5.74, 6) is 0. The molecule has 0 spiro atoms. The molecule has 0 aliphatic rings. The topological polar surface area (TPSA) is 70.7 Å². The largest absolute Gasteiger partial charge is 0.443 e. The van der Waals surface area contributed by atoms with Crippen LogP contribution < -0.4 is 10.7 Å². The maximum absolute atomic E-state index is 11.9. The number of nitrogens with zero attached hydrogens (tertiary/aromatic N) is 1. The van der Waals surface area contributed by atoms with Crippen molar-refractivity contribution < 1.29 is 14.3 Å². The third-order valence-corrected chi connectivity index (χ3v) is 4.46. The van der Waals surface area contributed by atoms with Crippen molar-refractivity contribution in [2.75, 3.05) is 12.4 Å². The molecule has 0 aromatic heterocycles. The van der Waals surface area contributed by atoms with Gasteiger partial charge in [-0.1, -0.05) is 0 Å². The Hall–Kier alpha value is -1.03. The maximum Gasteiger partial charge on any atom is 0.426 e. The number of urea groups is 1. The van der Waals surface area contributed by atoms with E-state index in [-0.39, 0.29) is 0 Å². The van der Waals surface area contributed by atoms with E-state index < -0.39 is 17.7 Å². The number of hydrogen-bond acceptors (Lipinski definition) is 3. The standard InChI is InChI=1S/C13H17BrIN3O3/c1-13(2,3)21-12(20)17-18(4)11(19)16-8-5-6-9(14)10(15)7-8/h5-7H,1-4H3,(H,16,19)(H,17,20). The third-order valence-electron chi connectivity index (χ3n) is 2.13. The molecule has 116 valence electrons. The van der Waals surface area contributed by atoms with E-state index in [1.54, 1.807) is 26.8 Å². The minimum Gasteiger partial charge on any atom is -0.443 e. The van der Waals surface area contributed by atoms with Gasteiger partial charge in [0.2, 0.25) is 0 Å². The Balaban J connectivity index is 2.58. The zero-order valence-electron chi connectivity index (χ0n) is 12.2. The summed E-state index contributed by atoms with van der Waals surface area (Å²) in [5.41, 5.74) is 2.34. The van der Waals surface area contributed by atoms with Crippen molar-refractivity contribution in [1.82, 2.24) is 10.4 Å². The number of nitrogens with one attached hydrogen (secondary N) is 2. The van der Waals surface area contributed by atoms with Gasteiger partial charge in [0.25, 0.3) is 0 Å². The summed E-state index contributed by atoms with van der Waals surface area (Å²) >= 11 is 5.53. The van der Waals surface area contributed by atoms with Gasteiger partial charge in [-0.3, -0.25) is 0 Å². The molecule has 21 heavy (non-hydrogen) atoms. The Bertz CT molecular complexity index is 546. The summed E-state index contributed by atoms with van der Waals surface area (Å²) in [4.78, 5) is 23.5. The van der Waals surface area contributed by atoms with Gasteiger partial charge in [-0.15, -0.1) is 0 Å². The van der Waals surface area contributed by atoms with Crippen LogP contribution in [0.3, 0.4) is 0 Å². The molecule has 1 aromatic rings. The average Bonchev–Trinajstić information content (AvgIpc) is 2.31. The van der Waals surface area contributed by atoms with Crippen LogP contribution in [0.2, 0.25) is 0 Å². The smallest absolute Gasteiger partial charge is 0.426 e. The van der Waals surface area contributed by atoms with Crippen LogP contribution in [0.4, 0.5) is 15.3 Å². The highest BCUT2D eigenvalue weighted by Crippen LogP contribution is 2.22. The van der Waals surface area contributed by atoms with Crippen LogP contribution in [0.25, 0.3) is 0 Å². The number of rotatable bonds is 1. The summed E-state index contributed by atoms with van der Waals surface area (Å²) in [5, 5.41) is 3.70. The lowest BCUT2D eigenvalue weighted by Crippen LogP contribution is -2.47. The number of anilines is 1. The summed E-state index contributed by atoms with van der Waals surface area (Å²) in [7, 11) is 1.43. The first-order valence-electron chi connectivity index (χ1n) is 6.08. The highest BCUT2D eigenvalue weighted by molar-refractivity contribution is 14.1. The zero-order valence-corrected chi connectivity index (χ0v) is 15.9. The summed E-state index contributed by atoms with van der Waals surface area (Å²) in [6.07, 6.45) is -0.689. The lowest BCUT2D eigenvalue weighted by molar-refractivity contribution is 0.0412. The number of carbonyl (C=O) groups is 2. The molecule has 0 saturated heterocycles. The van der Waals surface area contributed by atoms with Gasteiger partial charge in [0.15, 0.2) is 0 Å². The summed E-state index contributed by atoms with van der Waals surface area (Å²) < 4.78 is 6.98. The number of amides is 3. The van der Waals surface area contributed by atoms with Gasteiger partial charge >= 0.3 is 12.1 Å². The minimum atomic E-state index is -0.689. The van der Waals surface area contributed by atoms with Gasteiger partial charge in [0.1, 0.15) is 5.60 Å². The van der Waals surface area contributed by atoms with Crippen molar-refractivity contribution >= 4 is 56.3 Å². The van der Waals surface area contributed by atoms with Gasteiger partial charge in [0.05, 0.1) is 0 Å². The molecule has 6 nitrogen and oxygen atoms in total. The molecule has 0 fully saturated rings. The molecule has 0 aliphatic heterocycles. The Kier molecular flexibility index (Phi) is 6.26. The third kappa shape index (κ3) is 6.51. The van der Waals surface area contributed by atoms with E-state index in [9.17, 15) is 9.59 Å². The molecule has 0 aliphatic carbocycles. The first-order chi connectivity index (χ1) is 9.58. The molecule has 0 saturated carbocycles. The van der Waals surface area contributed by atoms with Crippen LogP contribution >= 0.6 is 38.5 Å². The van der Waals surface area contributed by atoms with Crippen LogP contribution in [0.1, 0.15) is 20.8 Å². The first-order valence-corrected chi connectivity index (χ1v) is 7.95. The van der Waals surface area contributed by atoms with Crippen molar-refractivity contribution in [3.8, 4) is 0 Å². The Morgan fingerprint density at radius 2 is 1.95 bits per heavy atom. The molecule has 0 unspecified atom stereocenters. The van der Waals surface area contributed by atoms with Crippen molar-refractivity contribution in [2.45, 2.75) is 26.4 Å². The normalized spacial score (nSPS) is 10.8. The van der Waals surface area contributed by atoms with E-state index in [2.05, 4.69) is 49.3 Å². The van der Waals surface area contributed by atoms with Crippen molar-refractivity contribution in [1.29, 1.82) is 0 Å². The quantitative estimate of drug-likeness (QED) is 0.483. The van der Waals surface area contributed by atoms with E-state index in [1.807, 2.05) is 12.1 Å². The number of carbonyl (C=O) groups excluding carboxylic acids is 2. The first kappa shape index (κ1) is 18.0. The summed E-state index contributed by atoms with van der Waals surface area (Å²) in [6, 6.07) is 4.92. The van der Waals surface area contributed by atoms with Crippen LogP contribution in [0.15, 0.2) is 22.7 Å². The van der Waals surface area contributed by atoms with Gasteiger partial charge in [-0.05, 0) is 77.5 Å². The van der Waals surface area contributed by atoms with E-state index in [0.717, 1.165) is 13.1 Å². The van der Waals surface area contributed by atoms with E-state index in [4.69, 9.17) is 4.74 Å². The van der Waals surface area contributed by atoms with Crippen LogP contribution in [0.5, 0.6) is 0 Å². The van der Waals surface area contributed by atoms with Gasteiger partial charge in [-0.2, -0.15) is 0 Å². The van der Waals surface area contributed by atoms with Crippen LogP contribution in [-0.2, 0) is 4.74 Å². The molecule has 1 aromatic carbocycles. The fourth-order valence-corrected chi connectivity index (χ4v) is 2.03. The Morgan fingerprint density at radius 1 is 1.33 bits per heavy atom. The second-order valence-corrected chi connectivity index (χ2v) is 7.25. The lowest BCUT2D eigenvalue weighted by atomic mass is 10.2. The van der Waals surface area contributed by atoms with Gasteiger partial charge in [-0.25, -0.2) is 20.0 Å². The average molecular weight is 470 g/mol. The lowest BCUT2D eigenvalue weighted by Gasteiger charge is -2.23. The molecule has 0 atom stereocenters. The van der Waals surface area contributed by atoms with Crippen molar-refractivity contribution in [3.05, 3.63) is 26.2 Å². The zero-order chi connectivity index (χ0) is 16.2. The second kappa shape index (κ2) is 7.30. The molecule has 2 N–H and O–H groups in total. The predicted molar refractivity (Wildman–Crippen MR) is 93.0 cm³/mol. The highest BCUT2D eigenvalue weighted by Gasteiger charge is 2.19. The van der Waals surface area contributed by atoms with Crippen LogP contribution in [0, 0.1) is 3.57 Å². The van der Waals surface area contributed by atoms with E-state index in [0.29, 0.717) is 5.69 Å². The molecular formula is C13H17BrIN3O3. The number of benzene rings is 1. The maximum atomic E-state index is 11.9. The monoisotopic (exact) mass is 469 g/mol. The van der Waals surface area contributed by atoms with Crippen molar-refractivity contribution in [3.63, 3.8) is 0 Å². The van der Waals surface area contributed by atoms with E-state index >= 15 is 0 Å². The van der Waals surface area contributed by atoms with Gasteiger partial charge in [0, 0.05) is 20.8 Å². The number of halogens is 2. The summed E-state index contributed by atoms with van der Waals surface area (Å²) in [6.45, 7) is 5.24. The van der Waals surface area contributed by atoms with Gasteiger partial charge < -0.3 is 10.1 Å². The predicted octanol–water partition coefficient (Wildman–Crippen LogP) is 3.96. The Morgan fingerprint density at radius 3 is 2.48 bits per heavy atom. The fraction of sp³-hybridized carbons (Fsp3) is 0.385. The molecule has 1 rings (SSSR count). The van der Waals surface area contributed by atoms with Crippen molar-refractivity contribution in [2.24, 2.45) is 0 Å². The minimum absolute atomic E-state index is 0.473. The SMILES string of the molecule is CN(NC(=O)OC(C)(C)C)C(=O)Nc1ccc(Br)c(I)c1.